The minimum Gasteiger partial charge on any atom is -0.264 e. The summed E-state index contributed by atoms with van der Waals surface area (Å²) in [5.41, 5.74) is 1.87. The van der Waals surface area contributed by atoms with Gasteiger partial charge < -0.3 is 0 Å². The van der Waals surface area contributed by atoms with E-state index in [2.05, 4.69) is 4.98 Å². The molecule has 0 amide bonds. The summed E-state index contributed by atoms with van der Waals surface area (Å²) in [5, 5.41) is 0. The molecule has 1 aliphatic carbocycles. The molecule has 1 heterocycles. The van der Waals surface area contributed by atoms with Crippen LogP contribution in [0.25, 0.3) is 0 Å². The normalized spacial score (nSPS) is 16.6. The van der Waals surface area contributed by atoms with Crippen molar-refractivity contribution in [1.82, 2.24) is 4.98 Å². The van der Waals surface area contributed by atoms with Gasteiger partial charge in [0.05, 0.1) is 11.9 Å². The van der Waals surface area contributed by atoms with E-state index in [-0.39, 0.29) is 6.61 Å². The molecule has 0 aliphatic heterocycles. The lowest BCUT2D eigenvalue weighted by molar-refractivity contribution is 0.306. The van der Waals surface area contributed by atoms with Gasteiger partial charge in [-0.2, -0.15) is 8.42 Å². The lowest BCUT2D eigenvalue weighted by Gasteiger charge is -2.06. The van der Waals surface area contributed by atoms with Crippen LogP contribution in [0, 0.1) is 0 Å². The summed E-state index contributed by atoms with van der Waals surface area (Å²) in [6.45, 7) is 0.0471. The van der Waals surface area contributed by atoms with Gasteiger partial charge in [-0.05, 0) is 30.4 Å². The van der Waals surface area contributed by atoms with E-state index in [0.717, 1.165) is 30.4 Å². The zero-order valence-corrected chi connectivity index (χ0v) is 9.33. The highest BCUT2D eigenvalue weighted by atomic mass is 32.2. The van der Waals surface area contributed by atoms with Crippen LogP contribution in [0.4, 0.5) is 0 Å². The van der Waals surface area contributed by atoms with Crippen LogP contribution in [0.1, 0.15) is 30.0 Å². The fourth-order valence-electron chi connectivity index (χ4n) is 1.50. The number of aromatic nitrogens is 1. The van der Waals surface area contributed by atoms with Crippen molar-refractivity contribution in [3.63, 3.8) is 0 Å². The number of rotatable bonds is 4. The molecule has 4 nitrogen and oxygen atoms in total. The van der Waals surface area contributed by atoms with Crippen molar-refractivity contribution in [3.05, 3.63) is 29.6 Å². The van der Waals surface area contributed by atoms with Crippen LogP contribution in [-0.2, 0) is 20.9 Å². The fraction of sp³-hybridized carbons (Fsp3) is 0.500. The number of hydrogen-bond acceptors (Lipinski definition) is 4. The first-order chi connectivity index (χ1) is 7.06. The van der Waals surface area contributed by atoms with Crippen LogP contribution in [0.3, 0.4) is 0 Å². The topological polar surface area (TPSA) is 56.3 Å². The van der Waals surface area contributed by atoms with Gasteiger partial charge in [-0.1, -0.05) is 6.07 Å². The molecule has 15 heavy (non-hydrogen) atoms. The quantitative estimate of drug-likeness (QED) is 0.730. The Labute approximate surface area is 89.4 Å². The largest absolute Gasteiger partial charge is 0.264 e. The Kier molecular flexibility index (Phi) is 2.75. The molecule has 0 spiro atoms. The third kappa shape index (κ3) is 3.00. The molecular formula is C10H13NO3S. The molecule has 0 saturated heterocycles. The zero-order chi connectivity index (χ0) is 10.9. The summed E-state index contributed by atoms with van der Waals surface area (Å²) in [5.74, 6) is 0.553. The molecule has 1 aromatic rings. The maximum Gasteiger partial charge on any atom is 0.264 e. The van der Waals surface area contributed by atoms with Gasteiger partial charge in [-0.15, -0.1) is 0 Å². The van der Waals surface area contributed by atoms with Gasteiger partial charge in [0.15, 0.2) is 0 Å². The summed E-state index contributed by atoms with van der Waals surface area (Å²) in [6, 6.07) is 3.86. The molecule has 0 unspecified atom stereocenters. The molecule has 1 fully saturated rings. The lowest BCUT2D eigenvalue weighted by Crippen LogP contribution is -2.05. The van der Waals surface area contributed by atoms with E-state index in [9.17, 15) is 8.42 Å². The Hall–Kier alpha value is -0.940. The molecule has 1 aromatic heterocycles. The Balaban J connectivity index is 2.13. The molecule has 1 saturated carbocycles. The molecule has 0 N–H and O–H groups in total. The average Bonchev–Trinajstić information content (AvgIpc) is 2.97. The Morgan fingerprint density at radius 3 is 2.87 bits per heavy atom. The second kappa shape index (κ2) is 3.90. The van der Waals surface area contributed by atoms with Gasteiger partial charge >= 0.3 is 0 Å². The van der Waals surface area contributed by atoms with Gasteiger partial charge in [0.2, 0.25) is 0 Å². The van der Waals surface area contributed by atoms with Crippen molar-refractivity contribution >= 4 is 10.1 Å². The highest BCUT2D eigenvalue weighted by molar-refractivity contribution is 7.85. The molecule has 0 bridgehead atoms. The maximum atomic E-state index is 10.9. The summed E-state index contributed by atoms with van der Waals surface area (Å²) in [6.07, 6.45) is 5.04. The van der Waals surface area contributed by atoms with Crippen molar-refractivity contribution < 1.29 is 12.6 Å². The van der Waals surface area contributed by atoms with Gasteiger partial charge in [-0.25, -0.2) is 0 Å². The maximum absolute atomic E-state index is 10.9. The molecule has 1 aliphatic rings. The standard InChI is InChI=1S/C10H13NO3S/c1-15(12,13)14-7-10-9(8-4-5-8)3-2-6-11-10/h2-3,6,8H,4-5,7H2,1H3. The second-order valence-corrected chi connectivity index (χ2v) is 5.42. The van der Waals surface area contributed by atoms with E-state index in [1.54, 1.807) is 6.20 Å². The third-order valence-electron chi connectivity index (χ3n) is 2.35. The summed E-state index contributed by atoms with van der Waals surface area (Å²) < 4.78 is 26.4. The predicted octanol–water partition coefficient (Wildman–Crippen LogP) is 1.44. The van der Waals surface area contributed by atoms with Crippen LogP contribution in [0.15, 0.2) is 18.3 Å². The van der Waals surface area contributed by atoms with Crippen LogP contribution in [0.5, 0.6) is 0 Å². The van der Waals surface area contributed by atoms with E-state index in [0.29, 0.717) is 5.92 Å². The summed E-state index contributed by atoms with van der Waals surface area (Å²) >= 11 is 0. The monoisotopic (exact) mass is 227 g/mol. The fourth-order valence-corrected chi connectivity index (χ4v) is 1.83. The summed E-state index contributed by atoms with van der Waals surface area (Å²) in [4.78, 5) is 4.15. The van der Waals surface area contributed by atoms with Crippen molar-refractivity contribution in [1.29, 1.82) is 0 Å². The SMILES string of the molecule is CS(=O)(=O)OCc1ncccc1C1CC1. The molecule has 0 radical (unpaired) electrons. The van der Waals surface area contributed by atoms with Crippen molar-refractivity contribution in [2.75, 3.05) is 6.26 Å². The first-order valence-corrected chi connectivity index (χ1v) is 6.66. The molecule has 82 valence electrons. The van der Waals surface area contributed by atoms with Crippen molar-refractivity contribution in [2.45, 2.75) is 25.4 Å². The van der Waals surface area contributed by atoms with Crippen LogP contribution >= 0.6 is 0 Å². The van der Waals surface area contributed by atoms with E-state index in [1.807, 2.05) is 12.1 Å². The van der Waals surface area contributed by atoms with Crippen molar-refractivity contribution in [3.8, 4) is 0 Å². The average molecular weight is 227 g/mol. The molecule has 2 rings (SSSR count). The number of hydrogen-bond donors (Lipinski definition) is 0. The molecule has 0 atom stereocenters. The van der Waals surface area contributed by atoms with E-state index < -0.39 is 10.1 Å². The minimum atomic E-state index is -3.38. The van der Waals surface area contributed by atoms with Crippen LogP contribution in [0.2, 0.25) is 0 Å². The Bertz CT molecular complexity index is 451. The van der Waals surface area contributed by atoms with Gasteiger partial charge in [0.25, 0.3) is 10.1 Å². The van der Waals surface area contributed by atoms with E-state index in [4.69, 9.17) is 4.18 Å². The van der Waals surface area contributed by atoms with Crippen molar-refractivity contribution in [2.24, 2.45) is 0 Å². The van der Waals surface area contributed by atoms with Crippen LogP contribution < -0.4 is 0 Å². The van der Waals surface area contributed by atoms with Gasteiger partial charge in [0.1, 0.15) is 6.61 Å². The molecule has 5 heteroatoms. The third-order valence-corrected chi connectivity index (χ3v) is 2.90. The summed E-state index contributed by atoms with van der Waals surface area (Å²) in [7, 11) is -3.38. The zero-order valence-electron chi connectivity index (χ0n) is 8.51. The Morgan fingerprint density at radius 1 is 1.53 bits per heavy atom. The van der Waals surface area contributed by atoms with Crippen LogP contribution in [-0.4, -0.2) is 19.7 Å². The lowest BCUT2D eigenvalue weighted by atomic mass is 10.1. The van der Waals surface area contributed by atoms with Gasteiger partial charge in [-0.3, -0.25) is 9.17 Å². The number of pyridine rings is 1. The Morgan fingerprint density at radius 2 is 2.27 bits per heavy atom. The highest BCUT2D eigenvalue weighted by Crippen LogP contribution is 2.41. The first kappa shape index (κ1) is 10.6. The molecule has 0 aromatic carbocycles. The second-order valence-electron chi connectivity index (χ2n) is 3.78. The highest BCUT2D eigenvalue weighted by Gasteiger charge is 2.26. The van der Waals surface area contributed by atoms with E-state index >= 15 is 0 Å². The smallest absolute Gasteiger partial charge is 0.264 e. The predicted molar refractivity (Wildman–Crippen MR) is 55.8 cm³/mol. The molecular weight excluding hydrogens is 214 g/mol. The first-order valence-electron chi connectivity index (χ1n) is 4.84. The van der Waals surface area contributed by atoms with Gasteiger partial charge in [0, 0.05) is 6.20 Å². The number of nitrogens with zero attached hydrogens (tertiary/aromatic N) is 1. The minimum absolute atomic E-state index is 0.0471. The van der Waals surface area contributed by atoms with E-state index in [1.165, 1.54) is 0 Å².